The maximum Gasteiger partial charge on any atom is 1.00 e. The Balaban J connectivity index is 0. The van der Waals surface area contributed by atoms with Crippen LogP contribution in [0.5, 0.6) is 0 Å². The molecule has 0 atom stereocenters. The van der Waals surface area contributed by atoms with Crippen molar-refractivity contribution in [3.05, 3.63) is 10.4 Å². The number of aromatic amines is 1. The van der Waals surface area contributed by atoms with Crippen LogP contribution in [0.15, 0.2) is 4.79 Å². The van der Waals surface area contributed by atoms with Gasteiger partial charge in [-0.25, -0.2) is 0 Å². The molecule has 0 fully saturated rings. The molecule has 7 heteroatoms. The Labute approximate surface area is 86.0 Å². The predicted molar refractivity (Wildman–Crippen MR) is 39.2 cm³/mol. The van der Waals surface area contributed by atoms with Gasteiger partial charge in [0.25, 0.3) is 5.56 Å². The fourth-order valence-corrected chi connectivity index (χ4v) is 0.518. The van der Waals surface area contributed by atoms with E-state index >= 15 is 0 Å². The molecule has 1 aromatic rings. The van der Waals surface area contributed by atoms with Crippen LogP contribution in [0, 0.1) is 0 Å². The van der Waals surface area contributed by atoms with Crippen molar-refractivity contribution < 1.29 is 31.0 Å². The van der Waals surface area contributed by atoms with E-state index in [4.69, 9.17) is 17.2 Å². The van der Waals surface area contributed by atoms with E-state index in [0.29, 0.717) is 0 Å². The molecular formula is C4H8N5NaO. The molecule has 6 nitrogen and oxygen atoms in total. The molecule has 0 saturated carbocycles. The number of rotatable bonds is 0. The summed E-state index contributed by atoms with van der Waals surface area (Å²) < 4.78 is 0. The van der Waals surface area contributed by atoms with Gasteiger partial charge in [0, 0.05) is 0 Å². The SMILES string of the molecule is Nc1nc(N)c(N)c(=O)[nH]1.[H-].[Na+]. The number of nitrogens with zero attached hydrogens (tertiary/aromatic N) is 1. The zero-order valence-electron chi connectivity index (χ0n) is 7.09. The zero-order valence-corrected chi connectivity index (χ0v) is 8.09. The molecule has 0 aliphatic rings. The molecule has 1 rings (SSSR count). The molecule has 0 spiro atoms. The van der Waals surface area contributed by atoms with Gasteiger partial charge in [0.1, 0.15) is 5.69 Å². The Hall–Kier alpha value is -0.720. The molecule has 0 saturated heterocycles. The van der Waals surface area contributed by atoms with Crippen molar-refractivity contribution in [2.75, 3.05) is 17.2 Å². The van der Waals surface area contributed by atoms with E-state index in [9.17, 15) is 4.79 Å². The van der Waals surface area contributed by atoms with Gasteiger partial charge in [-0.3, -0.25) is 9.78 Å². The van der Waals surface area contributed by atoms with E-state index in [2.05, 4.69) is 9.97 Å². The Morgan fingerprint density at radius 3 is 2.36 bits per heavy atom. The Morgan fingerprint density at radius 1 is 1.36 bits per heavy atom. The summed E-state index contributed by atoms with van der Waals surface area (Å²) in [5.74, 6) is -0.0713. The molecule has 0 bridgehead atoms. The van der Waals surface area contributed by atoms with Crippen molar-refractivity contribution in [1.82, 2.24) is 9.97 Å². The molecule has 1 heterocycles. The number of anilines is 3. The number of hydrogen-bond acceptors (Lipinski definition) is 5. The average Bonchev–Trinajstić information content (AvgIpc) is 1.82. The second kappa shape index (κ2) is 3.61. The third-order valence-electron chi connectivity index (χ3n) is 1.00. The van der Waals surface area contributed by atoms with E-state index < -0.39 is 5.56 Å². The first kappa shape index (κ1) is 10.3. The van der Waals surface area contributed by atoms with Crippen LogP contribution in [0.1, 0.15) is 1.43 Å². The van der Waals surface area contributed by atoms with Crippen molar-refractivity contribution in [2.45, 2.75) is 0 Å². The molecule has 7 N–H and O–H groups in total. The van der Waals surface area contributed by atoms with Gasteiger partial charge < -0.3 is 18.6 Å². The molecule has 0 unspecified atom stereocenters. The average molecular weight is 165 g/mol. The van der Waals surface area contributed by atoms with E-state index in [1.807, 2.05) is 0 Å². The summed E-state index contributed by atoms with van der Waals surface area (Å²) in [6.07, 6.45) is 0. The van der Waals surface area contributed by atoms with Gasteiger partial charge in [-0.2, -0.15) is 4.98 Å². The number of H-pyrrole nitrogens is 1. The van der Waals surface area contributed by atoms with Gasteiger partial charge in [0.2, 0.25) is 5.95 Å². The first-order chi connectivity index (χ1) is 4.61. The molecule has 56 valence electrons. The van der Waals surface area contributed by atoms with Gasteiger partial charge in [-0.1, -0.05) is 0 Å². The van der Waals surface area contributed by atoms with Crippen molar-refractivity contribution >= 4 is 17.5 Å². The van der Waals surface area contributed by atoms with Crippen LogP contribution in [0.3, 0.4) is 0 Å². The molecule has 0 aliphatic heterocycles. The van der Waals surface area contributed by atoms with Gasteiger partial charge >= 0.3 is 29.6 Å². The molecule has 0 amide bonds. The molecule has 1 aromatic heterocycles. The second-order valence-corrected chi connectivity index (χ2v) is 1.75. The number of hydrogen-bond donors (Lipinski definition) is 4. The summed E-state index contributed by atoms with van der Waals surface area (Å²) in [7, 11) is 0. The topological polar surface area (TPSA) is 124 Å². The zero-order chi connectivity index (χ0) is 7.72. The van der Waals surface area contributed by atoms with Gasteiger partial charge in [-0.15, -0.1) is 0 Å². The van der Waals surface area contributed by atoms with Crippen molar-refractivity contribution in [3.8, 4) is 0 Å². The van der Waals surface area contributed by atoms with Crippen molar-refractivity contribution in [3.63, 3.8) is 0 Å². The van der Waals surface area contributed by atoms with Gasteiger partial charge in [-0.05, 0) is 0 Å². The smallest absolute Gasteiger partial charge is 1.00 e. The monoisotopic (exact) mass is 165 g/mol. The third kappa shape index (κ3) is 2.11. The molecular weight excluding hydrogens is 157 g/mol. The number of nitrogens with one attached hydrogen (secondary N) is 1. The third-order valence-corrected chi connectivity index (χ3v) is 1.00. The number of nitrogen functional groups attached to an aromatic ring is 3. The van der Waals surface area contributed by atoms with Gasteiger partial charge in [0.05, 0.1) is 0 Å². The summed E-state index contributed by atoms with van der Waals surface area (Å²) in [5.41, 5.74) is 14.9. The standard InChI is InChI=1S/C4H7N5O.Na.H/c5-1-2(6)8-4(7)9-3(1)10;;/h5H2,(H5,6,7,8,9,10);;/q;+1;-1. The summed E-state index contributed by atoms with van der Waals surface area (Å²) in [6, 6.07) is 0. The van der Waals surface area contributed by atoms with E-state index in [-0.39, 0.29) is 48.4 Å². The van der Waals surface area contributed by atoms with E-state index in [0.717, 1.165) is 0 Å². The number of aromatic nitrogens is 2. The van der Waals surface area contributed by atoms with Crippen LogP contribution in [-0.4, -0.2) is 9.97 Å². The quantitative estimate of drug-likeness (QED) is 0.289. The first-order valence-corrected chi connectivity index (χ1v) is 2.52. The van der Waals surface area contributed by atoms with Crippen LogP contribution >= 0.6 is 0 Å². The fourth-order valence-electron chi connectivity index (χ4n) is 0.518. The Bertz CT molecular complexity index is 313. The predicted octanol–water partition coefficient (Wildman–Crippen LogP) is -4.37. The van der Waals surface area contributed by atoms with Crippen LogP contribution in [0.2, 0.25) is 0 Å². The van der Waals surface area contributed by atoms with E-state index in [1.165, 1.54) is 0 Å². The van der Waals surface area contributed by atoms with Crippen LogP contribution in [0.25, 0.3) is 0 Å². The fraction of sp³-hybridized carbons (Fsp3) is 0. The first-order valence-electron chi connectivity index (χ1n) is 2.52. The number of nitrogens with two attached hydrogens (primary N) is 3. The Kier molecular flexibility index (Phi) is 3.37. The maximum atomic E-state index is 10.7. The molecule has 0 aromatic carbocycles. The summed E-state index contributed by atoms with van der Waals surface area (Å²) >= 11 is 0. The van der Waals surface area contributed by atoms with E-state index in [1.54, 1.807) is 0 Å². The maximum absolute atomic E-state index is 10.7. The van der Waals surface area contributed by atoms with Gasteiger partial charge in [0.15, 0.2) is 5.82 Å². The van der Waals surface area contributed by atoms with Crippen LogP contribution < -0.4 is 52.3 Å². The molecule has 0 radical (unpaired) electrons. The summed E-state index contributed by atoms with van der Waals surface area (Å²) in [6.45, 7) is 0. The largest absolute Gasteiger partial charge is 1.00 e. The minimum Gasteiger partial charge on any atom is -1.00 e. The molecule has 0 aliphatic carbocycles. The summed E-state index contributed by atoms with van der Waals surface area (Å²) in [4.78, 5) is 16.4. The Morgan fingerprint density at radius 2 is 1.91 bits per heavy atom. The normalized spacial score (nSPS) is 8.73. The van der Waals surface area contributed by atoms with Crippen LogP contribution in [0.4, 0.5) is 17.5 Å². The second-order valence-electron chi connectivity index (χ2n) is 1.75. The summed E-state index contributed by atoms with van der Waals surface area (Å²) in [5, 5.41) is 0. The molecule has 11 heavy (non-hydrogen) atoms. The van der Waals surface area contributed by atoms with Crippen molar-refractivity contribution in [2.24, 2.45) is 0 Å². The van der Waals surface area contributed by atoms with Crippen molar-refractivity contribution in [1.29, 1.82) is 0 Å². The minimum atomic E-state index is -0.509. The minimum absolute atomic E-state index is 0. The van der Waals surface area contributed by atoms with Crippen LogP contribution in [-0.2, 0) is 0 Å².